The van der Waals surface area contributed by atoms with Crippen LogP contribution in [0.5, 0.6) is 11.5 Å². The van der Waals surface area contributed by atoms with Gasteiger partial charge in [0.2, 0.25) is 6.54 Å². The molecule has 0 radical (unpaired) electrons. The molecule has 1 rings (SSSR count). The van der Waals surface area contributed by atoms with Crippen LogP contribution in [0.4, 0.5) is 0 Å². The summed E-state index contributed by atoms with van der Waals surface area (Å²) >= 11 is 0. The van der Waals surface area contributed by atoms with Crippen LogP contribution in [0.1, 0.15) is 17.2 Å². The number of aliphatic hydroxyl groups excluding tert-OH is 1. The second-order valence-electron chi connectivity index (χ2n) is 3.59. The van der Waals surface area contributed by atoms with Gasteiger partial charge in [-0.2, -0.15) is 0 Å². The lowest BCUT2D eigenvalue weighted by Gasteiger charge is -2.15. The molecule has 1 unspecified atom stereocenters. The molecule has 0 spiro atoms. The molecule has 0 aliphatic carbocycles. The van der Waals surface area contributed by atoms with Gasteiger partial charge in [-0.05, 0) is 24.6 Å². The van der Waals surface area contributed by atoms with Crippen molar-refractivity contribution in [3.05, 3.63) is 33.4 Å². The van der Waals surface area contributed by atoms with Crippen LogP contribution in [0.3, 0.4) is 0 Å². The Morgan fingerprint density at radius 2 is 1.94 bits per heavy atom. The lowest BCUT2D eigenvalue weighted by atomic mass is 10.0. The minimum Gasteiger partial charge on any atom is -0.496 e. The summed E-state index contributed by atoms with van der Waals surface area (Å²) in [6.07, 6.45) is -1.21. The highest BCUT2D eigenvalue weighted by atomic mass is 16.6. The molecule has 0 aliphatic heterocycles. The molecule has 17 heavy (non-hydrogen) atoms. The highest BCUT2D eigenvalue weighted by Gasteiger charge is 2.20. The third-order valence-corrected chi connectivity index (χ3v) is 2.43. The van der Waals surface area contributed by atoms with E-state index in [4.69, 9.17) is 9.47 Å². The molecule has 94 valence electrons. The molecule has 1 aromatic carbocycles. The highest BCUT2D eigenvalue weighted by molar-refractivity contribution is 5.46. The molecule has 6 heteroatoms. The number of rotatable bonds is 5. The van der Waals surface area contributed by atoms with Crippen molar-refractivity contribution >= 4 is 0 Å². The average Bonchev–Trinajstić information content (AvgIpc) is 2.27. The topological polar surface area (TPSA) is 81.8 Å². The van der Waals surface area contributed by atoms with Crippen LogP contribution in [0.2, 0.25) is 0 Å². The SMILES string of the molecule is COc1cc(C(O)C[N+](=O)[O-])c(OC)cc1C. The van der Waals surface area contributed by atoms with E-state index in [9.17, 15) is 15.2 Å². The van der Waals surface area contributed by atoms with E-state index in [-0.39, 0.29) is 0 Å². The zero-order chi connectivity index (χ0) is 13.0. The first-order valence-corrected chi connectivity index (χ1v) is 5.02. The Morgan fingerprint density at radius 1 is 1.35 bits per heavy atom. The number of aliphatic hydroxyl groups is 1. The van der Waals surface area contributed by atoms with Gasteiger partial charge in [0.15, 0.2) is 0 Å². The van der Waals surface area contributed by atoms with Gasteiger partial charge >= 0.3 is 0 Å². The molecule has 0 saturated heterocycles. The molecule has 0 aliphatic rings. The van der Waals surface area contributed by atoms with Crippen LogP contribution in [0.25, 0.3) is 0 Å². The number of aryl methyl sites for hydroxylation is 1. The molecule has 0 fully saturated rings. The molecule has 1 N–H and O–H groups in total. The molecule has 0 heterocycles. The van der Waals surface area contributed by atoms with E-state index in [1.54, 1.807) is 12.1 Å². The molecular formula is C11H15NO5. The van der Waals surface area contributed by atoms with Crippen molar-refractivity contribution in [2.24, 2.45) is 0 Å². The van der Waals surface area contributed by atoms with E-state index in [0.717, 1.165) is 5.56 Å². The van der Waals surface area contributed by atoms with Gasteiger partial charge in [0.25, 0.3) is 0 Å². The predicted molar refractivity (Wildman–Crippen MR) is 61.1 cm³/mol. The monoisotopic (exact) mass is 241 g/mol. The van der Waals surface area contributed by atoms with Gasteiger partial charge in [-0.3, -0.25) is 10.1 Å². The Balaban J connectivity index is 3.15. The summed E-state index contributed by atoms with van der Waals surface area (Å²) in [6, 6.07) is 3.24. The van der Waals surface area contributed by atoms with Gasteiger partial charge in [0.1, 0.15) is 17.6 Å². The number of methoxy groups -OCH3 is 2. The van der Waals surface area contributed by atoms with Gasteiger partial charge in [-0.15, -0.1) is 0 Å². The third-order valence-electron chi connectivity index (χ3n) is 2.43. The maximum Gasteiger partial charge on any atom is 0.233 e. The summed E-state index contributed by atoms with van der Waals surface area (Å²) in [4.78, 5) is 9.80. The first-order chi connectivity index (χ1) is 7.99. The molecule has 1 atom stereocenters. The van der Waals surface area contributed by atoms with Crippen LogP contribution in [0, 0.1) is 17.0 Å². The second kappa shape index (κ2) is 5.49. The van der Waals surface area contributed by atoms with Crippen molar-refractivity contribution in [2.45, 2.75) is 13.0 Å². The summed E-state index contributed by atoms with van der Waals surface area (Å²) < 4.78 is 10.2. The maximum absolute atomic E-state index is 10.4. The molecule has 6 nitrogen and oxygen atoms in total. The Bertz CT molecular complexity index is 419. The van der Waals surface area contributed by atoms with E-state index in [1.807, 2.05) is 6.92 Å². The molecule has 1 aromatic rings. The second-order valence-corrected chi connectivity index (χ2v) is 3.59. The normalized spacial score (nSPS) is 12.0. The summed E-state index contributed by atoms with van der Waals surface area (Å²) in [5.74, 6) is 0.973. The molecule has 0 aromatic heterocycles. The Kier molecular flexibility index (Phi) is 4.28. The van der Waals surface area contributed by atoms with E-state index < -0.39 is 17.6 Å². The fourth-order valence-corrected chi connectivity index (χ4v) is 1.57. The van der Waals surface area contributed by atoms with E-state index in [0.29, 0.717) is 17.1 Å². The lowest BCUT2D eigenvalue weighted by molar-refractivity contribution is -0.491. The van der Waals surface area contributed by atoms with Gasteiger partial charge in [-0.1, -0.05) is 0 Å². The van der Waals surface area contributed by atoms with Crippen molar-refractivity contribution in [3.63, 3.8) is 0 Å². The lowest BCUT2D eigenvalue weighted by Crippen LogP contribution is -2.13. The maximum atomic E-state index is 10.4. The highest BCUT2D eigenvalue weighted by Crippen LogP contribution is 2.32. The zero-order valence-corrected chi connectivity index (χ0v) is 9.97. The summed E-state index contributed by atoms with van der Waals surface area (Å²) in [5, 5.41) is 20.1. The largest absolute Gasteiger partial charge is 0.496 e. The van der Waals surface area contributed by atoms with Crippen LogP contribution >= 0.6 is 0 Å². The summed E-state index contributed by atoms with van der Waals surface area (Å²) in [7, 11) is 2.95. The number of nitrogens with zero attached hydrogens (tertiary/aromatic N) is 1. The number of benzene rings is 1. The molecular weight excluding hydrogens is 226 g/mol. The number of ether oxygens (including phenoxy) is 2. The number of hydrogen-bond acceptors (Lipinski definition) is 5. The molecule has 0 bridgehead atoms. The average molecular weight is 241 g/mol. The summed E-state index contributed by atoms with van der Waals surface area (Å²) in [6.45, 7) is 1.26. The van der Waals surface area contributed by atoms with Crippen molar-refractivity contribution in [1.29, 1.82) is 0 Å². The van der Waals surface area contributed by atoms with E-state index >= 15 is 0 Å². The molecule has 0 saturated carbocycles. The van der Waals surface area contributed by atoms with E-state index in [1.165, 1.54) is 14.2 Å². The van der Waals surface area contributed by atoms with Gasteiger partial charge in [-0.25, -0.2) is 0 Å². The van der Waals surface area contributed by atoms with E-state index in [2.05, 4.69) is 0 Å². The van der Waals surface area contributed by atoms with Gasteiger partial charge in [0, 0.05) is 10.5 Å². The van der Waals surface area contributed by atoms with Crippen molar-refractivity contribution < 1.29 is 19.5 Å². The van der Waals surface area contributed by atoms with Crippen LogP contribution in [-0.2, 0) is 0 Å². The number of nitro groups is 1. The fourth-order valence-electron chi connectivity index (χ4n) is 1.57. The quantitative estimate of drug-likeness (QED) is 0.621. The Labute approximate surface area is 98.9 Å². The molecule has 0 amide bonds. The fraction of sp³-hybridized carbons (Fsp3) is 0.455. The summed E-state index contributed by atoms with van der Waals surface area (Å²) in [5.41, 5.74) is 1.19. The number of hydrogen-bond donors (Lipinski definition) is 1. The van der Waals surface area contributed by atoms with Crippen molar-refractivity contribution in [1.82, 2.24) is 0 Å². The van der Waals surface area contributed by atoms with Gasteiger partial charge in [0.05, 0.1) is 14.2 Å². The predicted octanol–water partition coefficient (Wildman–Crippen LogP) is 1.32. The Hall–Kier alpha value is -1.82. The van der Waals surface area contributed by atoms with Crippen LogP contribution in [-0.4, -0.2) is 30.8 Å². The standard InChI is InChI=1S/C11H15NO5/c1-7-4-11(17-3)8(5-10(7)16-2)9(13)6-12(14)15/h4-5,9,13H,6H2,1-3H3. The van der Waals surface area contributed by atoms with Crippen LogP contribution < -0.4 is 9.47 Å². The zero-order valence-electron chi connectivity index (χ0n) is 9.97. The third kappa shape index (κ3) is 3.07. The smallest absolute Gasteiger partial charge is 0.233 e. The van der Waals surface area contributed by atoms with Gasteiger partial charge < -0.3 is 14.6 Å². The van der Waals surface area contributed by atoms with Crippen molar-refractivity contribution in [2.75, 3.05) is 20.8 Å². The van der Waals surface area contributed by atoms with Crippen molar-refractivity contribution in [3.8, 4) is 11.5 Å². The van der Waals surface area contributed by atoms with Crippen LogP contribution in [0.15, 0.2) is 12.1 Å². The minimum atomic E-state index is -1.21. The Morgan fingerprint density at radius 3 is 2.41 bits per heavy atom. The first-order valence-electron chi connectivity index (χ1n) is 5.02. The first kappa shape index (κ1) is 13.2. The minimum absolute atomic E-state index is 0.353.